The number of fused-ring (bicyclic) bond motifs is 1. The number of aromatic amines is 1. The Morgan fingerprint density at radius 3 is 3.05 bits per heavy atom. The second-order valence-corrected chi connectivity index (χ2v) is 5.82. The van der Waals surface area contributed by atoms with Crippen LogP contribution in [-0.2, 0) is 11.8 Å². The Bertz CT molecular complexity index is 812. The maximum absolute atomic E-state index is 11.9. The standard InChI is InChI=1S/C15H13BrClN3O2/c16-7-11-6-14(20-22-11)15(21)18-4-3-9-8-19-13-2-1-10(17)5-12(9)13/h1-2,5-6,8,19H,3-4,7H2,(H,18,21). The quantitative estimate of drug-likeness (QED) is 0.661. The highest BCUT2D eigenvalue weighted by atomic mass is 79.9. The van der Waals surface area contributed by atoms with Gasteiger partial charge in [-0.15, -0.1) is 0 Å². The molecule has 0 aliphatic carbocycles. The third-order valence-corrected chi connectivity index (χ3v) is 4.12. The number of carbonyl (C=O) groups is 1. The maximum Gasteiger partial charge on any atom is 0.273 e. The van der Waals surface area contributed by atoms with Gasteiger partial charge in [-0.1, -0.05) is 32.7 Å². The minimum absolute atomic E-state index is 0.242. The Hall–Kier alpha value is -1.79. The van der Waals surface area contributed by atoms with Crippen LogP contribution in [0, 0.1) is 0 Å². The maximum atomic E-state index is 11.9. The van der Waals surface area contributed by atoms with E-state index in [1.807, 2.05) is 24.4 Å². The Kier molecular flexibility index (Phi) is 4.49. The van der Waals surface area contributed by atoms with Crippen molar-refractivity contribution < 1.29 is 9.32 Å². The largest absolute Gasteiger partial charge is 0.361 e. The molecule has 0 atom stereocenters. The summed E-state index contributed by atoms with van der Waals surface area (Å²) >= 11 is 9.27. The first-order valence-corrected chi connectivity index (χ1v) is 8.22. The van der Waals surface area contributed by atoms with Crippen LogP contribution in [0.15, 0.2) is 35.0 Å². The Morgan fingerprint density at radius 1 is 1.41 bits per heavy atom. The van der Waals surface area contributed by atoms with Gasteiger partial charge >= 0.3 is 0 Å². The molecule has 2 aromatic heterocycles. The number of alkyl halides is 1. The van der Waals surface area contributed by atoms with Crippen molar-refractivity contribution in [2.24, 2.45) is 0 Å². The minimum Gasteiger partial charge on any atom is -0.361 e. The molecule has 3 rings (SSSR count). The van der Waals surface area contributed by atoms with Crippen molar-refractivity contribution in [2.75, 3.05) is 6.54 Å². The molecular formula is C15H13BrClN3O2. The van der Waals surface area contributed by atoms with Gasteiger partial charge in [0.2, 0.25) is 0 Å². The van der Waals surface area contributed by atoms with Gasteiger partial charge < -0.3 is 14.8 Å². The molecule has 7 heteroatoms. The Balaban J connectivity index is 1.62. The van der Waals surface area contributed by atoms with Crippen molar-refractivity contribution in [3.8, 4) is 0 Å². The second kappa shape index (κ2) is 6.54. The van der Waals surface area contributed by atoms with Gasteiger partial charge in [0, 0.05) is 34.7 Å². The fourth-order valence-electron chi connectivity index (χ4n) is 2.24. The molecule has 0 saturated heterocycles. The van der Waals surface area contributed by atoms with Gasteiger partial charge in [0.25, 0.3) is 5.91 Å². The number of aromatic nitrogens is 2. The molecule has 3 aromatic rings. The van der Waals surface area contributed by atoms with E-state index in [1.165, 1.54) is 0 Å². The van der Waals surface area contributed by atoms with Crippen LogP contribution in [-0.4, -0.2) is 22.6 Å². The zero-order chi connectivity index (χ0) is 15.5. The summed E-state index contributed by atoms with van der Waals surface area (Å²) in [5.41, 5.74) is 2.43. The highest BCUT2D eigenvalue weighted by Gasteiger charge is 2.12. The van der Waals surface area contributed by atoms with Gasteiger partial charge in [0.1, 0.15) is 5.76 Å². The lowest BCUT2D eigenvalue weighted by Gasteiger charge is -2.02. The summed E-state index contributed by atoms with van der Waals surface area (Å²) in [4.78, 5) is 15.1. The predicted molar refractivity (Wildman–Crippen MR) is 88.5 cm³/mol. The van der Waals surface area contributed by atoms with Gasteiger partial charge in [0.15, 0.2) is 5.69 Å². The monoisotopic (exact) mass is 381 g/mol. The number of nitrogens with zero attached hydrogens (tertiary/aromatic N) is 1. The van der Waals surface area contributed by atoms with Crippen LogP contribution in [0.25, 0.3) is 10.9 Å². The topological polar surface area (TPSA) is 70.9 Å². The van der Waals surface area contributed by atoms with E-state index >= 15 is 0 Å². The first kappa shape index (κ1) is 15.1. The summed E-state index contributed by atoms with van der Waals surface area (Å²) in [7, 11) is 0. The zero-order valence-corrected chi connectivity index (χ0v) is 13.9. The molecule has 2 heterocycles. The van der Waals surface area contributed by atoms with Crippen LogP contribution in [0.4, 0.5) is 0 Å². The molecule has 0 saturated carbocycles. The average Bonchev–Trinajstić information content (AvgIpc) is 3.14. The number of amides is 1. The SMILES string of the molecule is O=C(NCCc1c[nH]c2ccc(Cl)cc12)c1cc(CBr)on1. The molecule has 22 heavy (non-hydrogen) atoms. The first-order valence-electron chi connectivity index (χ1n) is 6.72. The van der Waals surface area contributed by atoms with E-state index in [4.69, 9.17) is 16.1 Å². The minimum atomic E-state index is -0.242. The smallest absolute Gasteiger partial charge is 0.273 e. The normalized spacial score (nSPS) is 11.0. The zero-order valence-electron chi connectivity index (χ0n) is 11.5. The predicted octanol–water partition coefficient (Wildman–Crippen LogP) is 3.68. The van der Waals surface area contributed by atoms with Crippen molar-refractivity contribution in [1.29, 1.82) is 0 Å². The summed E-state index contributed by atoms with van der Waals surface area (Å²) in [6.07, 6.45) is 2.64. The number of hydrogen-bond acceptors (Lipinski definition) is 3. The van der Waals surface area contributed by atoms with Crippen LogP contribution in [0.3, 0.4) is 0 Å². The number of carbonyl (C=O) groups excluding carboxylic acids is 1. The molecule has 0 unspecified atom stereocenters. The molecular weight excluding hydrogens is 370 g/mol. The third-order valence-electron chi connectivity index (χ3n) is 3.33. The average molecular weight is 383 g/mol. The highest BCUT2D eigenvalue weighted by Crippen LogP contribution is 2.22. The van der Waals surface area contributed by atoms with Crippen molar-refractivity contribution in [2.45, 2.75) is 11.8 Å². The van der Waals surface area contributed by atoms with Crippen LogP contribution in [0.1, 0.15) is 21.8 Å². The molecule has 0 aliphatic heterocycles. The lowest BCUT2D eigenvalue weighted by Crippen LogP contribution is -2.25. The van der Waals surface area contributed by atoms with Crippen LogP contribution in [0.2, 0.25) is 5.02 Å². The van der Waals surface area contributed by atoms with Crippen molar-refractivity contribution in [3.63, 3.8) is 0 Å². The van der Waals surface area contributed by atoms with Gasteiger partial charge in [0.05, 0.1) is 5.33 Å². The second-order valence-electron chi connectivity index (χ2n) is 4.82. The fraction of sp³-hybridized carbons (Fsp3) is 0.200. The van der Waals surface area contributed by atoms with E-state index in [0.717, 1.165) is 16.5 Å². The lowest BCUT2D eigenvalue weighted by molar-refractivity contribution is 0.0945. The molecule has 0 bridgehead atoms. The number of hydrogen-bond donors (Lipinski definition) is 2. The molecule has 0 radical (unpaired) electrons. The van der Waals surface area contributed by atoms with Crippen molar-refractivity contribution in [3.05, 3.63) is 52.5 Å². The molecule has 2 N–H and O–H groups in total. The molecule has 0 aliphatic rings. The number of nitrogens with one attached hydrogen (secondary N) is 2. The molecule has 5 nitrogen and oxygen atoms in total. The van der Waals surface area contributed by atoms with Crippen LogP contribution < -0.4 is 5.32 Å². The van der Waals surface area contributed by atoms with Crippen LogP contribution >= 0.6 is 27.5 Å². The van der Waals surface area contributed by atoms with Crippen molar-refractivity contribution in [1.82, 2.24) is 15.5 Å². The summed E-state index contributed by atoms with van der Waals surface area (Å²) in [6, 6.07) is 7.33. The summed E-state index contributed by atoms with van der Waals surface area (Å²) in [6.45, 7) is 0.509. The Labute approximate surface area is 140 Å². The van der Waals surface area contributed by atoms with Crippen LogP contribution in [0.5, 0.6) is 0 Å². The highest BCUT2D eigenvalue weighted by molar-refractivity contribution is 9.08. The molecule has 114 valence electrons. The third kappa shape index (κ3) is 3.18. The molecule has 1 aromatic carbocycles. The van der Waals surface area contributed by atoms with Gasteiger partial charge in [-0.05, 0) is 30.2 Å². The van der Waals surface area contributed by atoms with E-state index in [2.05, 4.69) is 31.4 Å². The molecule has 1 amide bonds. The van der Waals surface area contributed by atoms with E-state index in [0.29, 0.717) is 29.1 Å². The van der Waals surface area contributed by atoms with Gasteiger partial charge in [-0.3, -0.25) is 4.79 Å². The molecule has 0 spiro atoms. The summed E-state index contributed by atoms with van der Waals surface area (Å²) in [5.74, 6) is 0.380. The number of benzene rings is 1. The number of halogens is 2. The van der Waals surface area contributed by atoms with E-state index in [9.17, 15) is 4.79 Å². The molecule has 0 fully saturated rings. The van der Waals surface area contributed by atoms with E-state index < -0.39 is 0 Å². The van der Waals surface area contributed by atoms with E-state index in [-0.39, 0.29) is 11.6 Å². The number of H-pyrrole nitrogens is 1. The summed E-state index contributed by atoms with van der Waals surface area (Å²) < 4.78 is 4.98. The van der Waals surface area contributed by atoms with Gasteiger partial charge in [-0.2, -0.15) is 0 Å². The first-order chi connectivity index (χ1) is 10.7. The Morgan fingerprint density at radius 2 is 2.27 bits per heavy atom. The van der Waals surface area contributed by atoms with Gasteiger partial charge in [-0.25, -0.2) is 0 Å². The van der Waals surface area contributed by atoms with E-state index in [1.54, 1.807) is 6.07 Å². The van der Waals surface area contributed by atoms with Crippen molar-refractivity contribution >= 4 is 44.3 Å². The fourth-order valence-corrected chi connectivity index (χ4v) is 2.68. The summed E-state index contributed by atoms with van der Waals surface area (Å²) in [5, 5.41) is 8.86. The lowest BCUT2D eigenvalue weighted by atomic mass is 10.1. The number of rotatable bonds is 5.